The fourth-order valence-corrected chi connectivity index (χ4v) is 1.37. The summed E-state index contributed by atoms with van der Waals surface area (Å²) >= 11 is 5.49. The first-order valence-electron chi connectivity index (χ1n) is 4.42. The molecule has 0 aliphatic rings. The van der Waals surface area contributed by atoms with Gasteiger partial charge in [-0.15, -0.1) is 0 Å². The van der Waals surface area contributed by atoms with Gasteiger partial charge in [0.1, 0.15) is 11.6 Å². The van der Waals surface area contributed by atoms with Crippen LogP contribution in [0.15, 0.2) is 12.1 Å². The zero-order chi connectivity index (χ0) is 12.3. The van der Waals surface area contributed by atoms with E-state index in [1.165, 1.54) is 7.11 Å². The van der Waals surface area contributed by atoms with E-state index in [1.54, 1.807) is 0 Å². The van der Waals surface area contributed by atoms with Gasteiger partial charge in [0.05, 0.1) is 18.6 Å². The van der Waals surface area contributed by atoms with E-state index in [0.29, 0.717) is 6.07 Å². The fraction of sp³-hybridized carbons (Fsp3) is 0.300. The number of ether oxygens (including phenoxy) is 1. The molecule has 0 saturated carbocycles. The molecule has 1 aromatic carbocycles. The molecule has 0 heterocycles. The summed E-state index contributed by atoms with van der Waals surface area (Å²) in [6.45, 7) is 0. The summed E-state index contributed by atoms with van der Waals surface area (Å²) in [5.41, 5.74) is 5.55. The molecule has 0 fully saturated rings. The van der Waals surface area contributed by atoms with E-state index in [1.807, 2.05) is 0 Å². The lowest BCUT2D eigenvalue weighted by atomic mass is 10.0. The normalized spacial score (nSPS) is 12.3. The zero-order valence-corrected chi connectivity index (χ0v) is 9.22. The van der Waals surface area contributed by atoms with Crippen molar-refractivity contribution in [3.63, 3.8) is 0 Å². The van der Waals surface area contributed by atoms with Crippen molar-refractivity contribution >= 4 is 17.6 Å². The van der Waals surface area contributed by atoms with E-state index in [0.717, 1.165) is 6.07 Å². The number of carbonyl (C=O) groups excluding carboxylic acids is 1. The molecular weight excluding hydrogens is 240 g/mol. The molecule has 0 aliphatic heterocycles. The third-order valence-corrected chi connectivity index (χ3v) is 2.34. The van der Waals surface area contributed by atoms with E-state index >= 15 is 0 Å². The molecule has 88 valence electrons. The lowest BCUT2D eigenvalue weighted by Crippen LogP contribution is -2.17. The lowest BCUT2D eigenvalue weighted by molar-refractivity contribution is -0.141. The van der Waals surface area contributed by atoms with Gasteiger partial charge in [-0.25, -0.2) is 8.78 Å². The lowest BCUT2D eigenvalue weighted by Gasteiger charge is -2.12. The second-order valence-corrected chi connectivity index (χ2v) is 3.58. The molecule has 16 heavy (non-hydrogen) atoms. The van der Waals surface area contributed by atoms with Gasteiger partial charge in [-0.1, -0.05) is 11.6 Å². The standard InChI is InChI=1S/C10H10ClF2NO2/c1-16-10(15)4-9(14)5-2-6(11)8(13)3-7(5)12/h2-3,9H,4,14H2,1H3. The van der Waals surface area contributed by atoms with Gasteiger partial charge in [0, 0.05) is 17.7 Å². The van der Waals surface area contributed by atoms with Crippen LogP contribution in [-0.2, 0) is 9.53 Å². The van der Waals surface area contributed by atoms with Crippen molar-refractivity contribution in [1.29, 1.82) is 0 Å². The van der Waals surface area contributed by atoms with Gasteiger partial charge in [0.25, 0.3) is 0 Å². The van der Waals surface area contributed by atoms with Crippen LogP contribution in [-0.4, -0.2) is 13.1 Å². The molecule has 3 nitrogen and oxygen atoms in total. The minimum absolute atomic E-state index is 0.0169. The number of benzene rings is 1. The van der Waals surface area contributed by atoms with Crippen molar-refractivity contribution in [2.45, 2.75) is 12.5 Å². The predicted molar refractivity (Wildman–Crippen MR) is 54.9 cm³/mol. The van der Waals surface area contributed by atoms with Crippen molar-refractivity contribution in [3.8, 4) is 0 Å². The Labute approximate surface area is 96.1 Å². The third kappa shape index (κ3) is 2.90. The monoisotopic (exact) mass is 249 g/mol. The quantitative estimate of drug-likeness (QED) is 0.660. The highest BCUT2D eigenvalue weighted by molar-refractivity contribution is 6.30. The van der Waals surface area contributed by atoms with Crippen molar-refractivity contribution in [2.75, 3.05) is 7.11 Å². The number of hydrogen-bond donors (Lipinski definition) is 1. The molecule has 0 aromatic heterocycles. The molecule has 0 spiro atoms. The number of methoxy groups -OCH3 is 1. The second kappa shape index (κ2) is 5.23. The highest BCUT2D eigenvalue weighted by Crippen LogP contribution is 2.24. The summed E-state index contributed by atoms with van der Waals surface area (Å²) in [7, 11) is 1.20. The Balaban J connectivity index is 2.95. The number of carbonyl (C=O) groups is 1. The Kier molecular flexibility index (Phi) is 4.20. The van der Waals surface area contributed by atoms with Crippen LogP contribution in [0.3, 0.4) is 0 Å². The van der Waals surface area contributed by atoms with Crippen molar-refractivity contribution in [2.24, 2.45) is 5.73 Å². The van der Waals surface area contributed by atoms with Gasteiger partial charge < -0.3 is 10.5 Å². The SMILES string of the molecule is COC(=O)CC(N)c1cc(Cl)c(F)cc1F. The minimum atomic E-state index is -0.912. The number of halogens is 3. The van der Waals surface area contributed by atoms with Crippen LogP contribution < -0.4 is 5.73 Å². The van der Waals surface area contributed by atoms with Crippen LogP contribution in [0.4, 0.5) is 8.78 Å². The molecule has 1 atom stereocenters. The van der Waals surface area contributed by atoms with Crippen LogP contribution in [0.2, 0.25) is 5.02 Å². The first kappa shape index (κ1) is 12.9. The molecule has 0 saturated heterocycles. The summed E-state index contributed by atoms with van der Waals surface area (Å²) in [6.07, 6.45) is -0.199. The number of esters is 1. The van der Waals surface area contributed by atoms with Gasteiger partial charge in [-0.2, -0.15) is 0 Å². The molecule has 6 heteroatoms. The van der Waals surface area contributed by atoms with Gasteiger partial charge in [0.15, 0.2) is 0 Å². The minimum Gasteiger partial charge on any atom is -0.469 e. The largest absolute Gasteiger partial charge is 0.469 e. The molecule has 1 rings (SSSR count). The first-order valence-corrected chi connectivity index (χ1v) is 4.80. The predicted octanol–water partition coefficient (Wildman–Crippen LogP) is 2.18. The molecule has 2 N–H and O–H groups in total. The first-order chi connectivity index (χ1) is 7.45. The Bertz CT molecular complexity index is 412. The van der Waals surface area contributed by atoms with Gasteiger partial charge >= 0.3 is 5.97 Å². The Morgan fingerprint density at radius 3 is 2.69 bits per heavy atom. The molecule has 0 bridgehead atoms. The summed E-state index contributed by atoms with van der Waals surface area (Å²) in [4.78, 5) is 10.9. The summed E-state index contributed by atoms with van der Waals surface area (Å²) in [5.74, 6) is -2.28. The van der Waals surface area contributed by atoms with Crippen molar-refractivity contribution in [1.82, 2.24) is 0 Å². The Hall–Kier alpha value is -1.20. The molecule has 1 unspecified atom stereocenters. The van der Waals surface area contributed by atoms with E-state index in [2.05, 4.69) is 4.74 Å². The summed E-state index contributed by atoms with van der Waals surface area (Å²) < 4.78 is 30.5. The topological polar surface area (TPSA) is 52.3 Å². The summed E-state index contributed by atoms with van der Waals surface area (Å²) in [6, 6.07) is 0.791. The number of hydrogen-bond acceptors (Lipinski definition) is 3. The van der Waals surface area contributed by atoms with E-state index in [9.17, 15) is 13.6 Å². The number of rotatable bonds is 3. The van der Waals surface area contributed by atoms with E-state index in [4.69, 9.17) is 17.3 Å². The van der Waals surface area contributed by atoms with Crippen molar-refractivity contribution in [3.05, 3.63) is 34.4 Å². The molecule has 1 aromatic rings. The van der Waals surface area contributed by atoms with Gasteiger partial charge in [0.2, 0.25) is 0 Å². The average molecular weight is 250 g/mol. The Morgan fingerprint density at radius 1 is 1.50 bits per heavy atom. The Morgan fingerprint density at radius 2 is 2.12 bits per heavy atom. The maximum Gasteiger partial charge on any atom is 0.307 e. The third-order valence-electron chi connectivity index (χ3n) is 2.05. The summed E-state index contributed by atoms with van der Waals surface area (Å²) in [5, 5.41) is -0.239. The van der Waals surface area contributed by atoms with Crippen LogP contribution in [0.1, 0.15) is 18.0 Å². The highest BCUT2D eigenvalue weighted by Gasteiger charge is 2.18. The van der Waals surface area contributed by atoms with E-state index < -0.39 is 23.6 Å². The second-order valence-electron chi connectivity index (χ2n) is 3.17. The molecule has 0 amide bonds. The van der Waals surface area contributed by atoms with Crippen LogP contribution in [0, 0.1) is 11.6 Å². The molecule has 0 aliphatic carbocycles. The van der Waals surface area contributed by atoms with Gasteiger partial charge in [-0.05, 0) is 6.07 Å². The molecular formula is C10H10ClF2NO2. The van der Waals surface area contributed by atoms with Crippen LogP contribution in [0.25, 0.3) is 0 Å². The number of nitrogens with two attached hydrogens (primary N) is 1. The fourth-order valence-electron chi connectivity index (χ4n) is 1.19. The maximum absolute atomic E-state index is 13.3. The average Bonchev–Trinajstić information content (AvgIpc) is 2.23. The van der Waals surface area contributed by atoms with Gasteiger partial charge in [-0.3, -0.25) is 4.79 Å². The van der Waals surface area contributed by atoms with Crippen LogP contribution in [0.5, 0.6) is 0 Å². The van der Waals surface area contributed by atoms with Crippen LogP contribution >= 0.6 is 11.6 Å². The maximum atomic E-state index is 13.3. The van der Waals surface area contributed by atoms with Crippen molar-refractivity contribution < 1.29 is 18.3 Å². The molecule has 0 radical (unpaired) electrons. The highest BCUT2D eigenvalue weighted by atomic mass is 35.5. The zero-order valence-electron chi connectivity index (χ0n) is 8.47. The van der Waals surface area contributed by atoms with E-state index in [-0.39, 0.29) is 17.0 Å². The smallest absolute Gasteiger partial charge is 0.307 e.